The third-order valence-electron chi connectivity index (χ3n) is 3.71. The Balaban J connectivity index is 1.90. The van der Waals surface area contributed by atoms with Crippen molar-refractivity contribution >= 4 is 11.8 Å². The molecule has 0 spiro atoms. The monoisotopic (exact) mass is 305 g/mol. The summed E-state index contributed by atoms with van der Waals surface area (Å²) in [5.74, 6) is 0. The second-order valence-corrected chi connectivity index (χ2v) is 6.41. The fraction of sp³-hybridized carbons (Fsp3) is 0.500. The molecule has 0 saturated heterocycles. The van der Waals surface area contributed by atoms with Crippen LogP contribution in [0.5, 0.6) is 0 Å². The van der Waals surface area contributed by atoms with Gasteiger partial charge in [0.15, 0.2) is 5.16 Å². The summed E-state index contributed by atoms with van der Waals surface area (Å²) in [6.07, 6.45) is 6.49. The summed E-state index contributed by atoms with van der Waals surface area (Å²) in [5.41, 5.74) is 7.27. The SMILES string of the molecule is CCC(N)C(Sc1n[nH]c(=O)n1C1CC1)c1ccncc1. The Morgan fingerprint density at radius 1 is 1.48 bits per heavy atom. The second kappa shape index (κ2) is 6.03. The van der Waals surface area contributed by atoms with Crippen LogP contribution in [0.15, 0.2) is 34.5 Å². The first-order valence-electron chi connectivity index (χ1n) is 7.19. The van der Waals surface area contributed by atoms with Gasteiger partial charge in [-0.15, -0.1) is 5.10 Å². The van der Waals surface area contributed by atoms with Crippen LogP contribution in [-0.4, -0.2) is 25.8 Å². The molecule has 6 nitrogen and oxygen atoms in total. The summed E-state index contributed by atoms with van der Waals surface area (Å²) < 4.78 is 1.77. The molecule has 3 N–H and O–H groups in total. The van der Waals surface area contributed by atoms with Gasteiger partial charge < -0.3 is 5.73 Å². The number of hydrogen-bond donors (Lipinski definition) is 2. The number of nitrogens with one attached hydrogen (secondary N) is 1. The van der Waals surface area contributed by atoms with Crippen LogP contribution in [0.2, 0.25) is 0 Å². The summed E-state index contributed by atoms with van der Waals surface area (Å²) in [5, 5.41) is 7.52. The predicted molar refractivity (Wildman–Crippen MR) is 82.2 cm³/mol. The average molecular weight is 305 g/mol. The van der Waals surface area contributed by atoms with Crippen LogP contribution < -0.4 is 11.4 Å². The van der Waals surface area contributed by atoms with E-state index >= 15 is 0 Å². The fourth-order valence-electron chi connectivity index (χ4n) is 2.31. The lowest BCUT2D eigenvalue weighted by Gasteiger charge is -2.22. The van der Waals surface area contributed by atoms with Gasteiger partial charge in [0.2, 0.25) is 0 Å². The van der Waals surface area contributed by atoms with Crippen LogP contribution >= 0.6 is 11.8 Å². The number of aromatic amines is 1. The van der Waals surface area contributed by atoms with Gasteiger partial charge in [0.1, 0.15) is 0 Å². The lowest BCUT2D eigenvalue weighted by atomic mass is 10.1. The molecule has 1 aliphatic rings. The minimum absolute atomic E-state index is 0.00291. The van der Waals surface area contributed by atoms with Gasteiger partial charge in [-0.25, -0.2) is 9.89 Å². The highest BCUT2D eigenvalue weighted by atomic mass is 32.2. The van der Waals surface area contributed by atoms with Crippen LogP contribution in [0.1, 0.15) is 43.0 Å². The van der Waals surface area contributed by atoms with E-state index in [1.54, 1.807) is 28.7 Å². The van der Waals surface area contributed by atoms with Crippen LogP contribution in [0.3, 0.4) is 0 Å². The van der Waals surface area contributed by atoms with E-state index in [-0.39, 0.29) is 17.0 Å². The molecule has 3 rings (SSSR count). The van der Waals surface area contributed by atoms with E-state index in [4.69, 9.17) is 5.73 Å². The van der Waals surface area contributed by atoms with Crippen LogP contribution in [0.25, 0.3) is 0 Å². The zero-order valence-electron chi connectivity index (χ0n) is 11.9. The average Bonchev–Trinajstić information content (AvgIpc) is 3.28. The number of thioether (sulfide) groups is 1. The molecular weight excluding hydrogens is 286 g/mol. The Morgan fingerprint density at radius 3 is 2.81 bits per heavy atom. The van der Waals surface area contributed by atoms with Gasteiger partial charge in [0, 0.05) is 24.5 Å². The number of hydrogen-bond acceptors (Lipinski definition) is 5. The first-order chi connectivity index (χ1) is 10.2. The lowest BCUT2D eigenvalue weighted by Crippen LogP contribution is -2.26. The zero-order chi connectivity index (χ0) is 14.8. The number of nitrogens with two attached hydrogens (primary N) is 1. The molecule has 2 aromatic heterocycles. The van der Waals surface area contributed by atoms with Crippen molar-refractivity contribution in [3.8, 4) is 0 Å². The van der Waals surface area contributed by atoms with Gasteiger partial charge in [0.05, 0.1) is 5.25 Å². The highest BCUT2D eigenvalue weighted by Gasteiger charge is 2.31. The van der Waals surface area contributed by atoms with Crippen molar-refractivity contribution in [3.05, 3.63) is 40.6 Å². The van der Waals surface area contributed by atoms with Crippen molar-refractivity contribution in [3.63, 3.8) is 0 Å². The van der Waals surface area contributed by atoms with Crippen molar-refractivity contribution < 1.29 is 0 Å². The predicted octanol–water partition coefficient (Wildman–Crippen LogP) is 1.87. The quantitative estimate of drug-likeness (QED) is 0.795. The Kier molecular flexibility index (Phi) is 4.12. The van der Waals surface area contributed by atoms with E-state index in [2.05, 4.69) is 22.1 Å². The standard InChI is InChI=1S/C14H19N5OS/c1-2-11(15)12(9-5-7-16-8-6-9)21-14-18-17-13(20)19(14)10-3-4-10/h5-8,10-12H,2-4,15H2,1H3,(H,17,20). The fourth-order valence-corrected chi connectivity index (χ4v) is 3.64. The topological polar surface area (TPSA) is 89.6 Å². The summed E-state index contributed by atoms with van der Waals surface area (Å²) in [6, 6.07) is 4.24. The maximum Gasteiger partial charge on any atom is 0.344 e. The van der Waals surface area contributed by atoms with E-state index in [1.165, 1.54) is 0 Å². The molecule has 0 radical (unpaired) electrons. The highest BCUT2D eigenvalue weighted by Crippen LogP contribution is 2.41. The van der Waals surface area contributed by atoms with Crippen molar-refractivity contribution in [1.82, 2.24) is 19.7 Å². The largest absolute Gasteiger partial charge is 0.344 e. The molecule has 0 bridgehead atoms. The smallest absolute Gasteiger partial charge is 0.326 e. The number of rotatable bonds is 6. The normalized spacial score (nSPS) is 17.6. The van der Waals surface area contributed by atoms with Crippen LogP contribution in [0, 0.1) is 0 Å². The first-order valence-corrected chi connectivity index (χ1v) is 8.07. The van der Waals surface area contributed by atoms with Crippen molar-refractivity contribution in [2.24, 2.45) is 5.73 Å². The number of aromatic nitrogens is 4. The molecule has 1 saturated carbocycles. The van der Waals surface area contributed by atoms with Gasteiger partial charge in [0.25, 0.3) is 0 Å². The Labute approximate surface area is 127 Å². The summed E-state index contributed by atoms with van der Waals surface area (Å²) in [4.78, 5) is 15.9. The van der Waals surface area contributed by atoms with E-state index in [0.29, 0.717) is 6.04 Å². The van der Waals surface area contributed by atoms with Crippen LogP contribution in [0.4, 0.5) is 0 Å². The van der Waals surface area contributed by atoms with Gasteiger partial charge in [-0.05, 0) is 37.0 Å². The molecule has 21 heavy (non-hydrogen) atoms. The van der Waals surface area contributed by atoms with Crippen molar-refractivity contribution in [2.45, 2.75) is 48.7 Å². The molecule has 7 heteroatoms. The molecule has 112 valence electrons. The molecule has 2 atom stereocenters. The molecule has 0 aliphatic heterocycles. The molecule has 2 aromatic rings. The summed E-state index contributed by atoms with van der Waals surface area (Å²) in [6.45, 7) is 2.07. The third kappa shape index (κ3) is 3.03. The molecular formula is C14H19N5OS. The minimum Gasteiger partial charge on any atom is -0.326 e. The molecule has 0 aromatic carbocycles. The molecule has 0 amide bonds. The Morgan fingerprint density at radius 2 is 2.19 bits per heavy atom. The Hall–Kier alpha value is -1.60. The highest BCUT2D eigenvalue weighted by molar-refractivity contribution is 7.99. The van der Waals surface area contributed by atoms with Gasteiger partial charge in [-0.3, -0.25) is 9.55 Å². The second-order valence-electron chi connectivity index (χ2n) is 5.30. The maximum atomic E-state index is 11.9. The van der Waals surface area contributed by atoms with Crippen LogP contribution in [-0.2, 0) is 0 Å². The molecule has 2 heterocycles. The van der Waals surface area contributed by atoms with E-state index in [1.807, 2.05) is 12.1 Å². The maximum absolute atomic E-state index is 11.9. The van der Waals surface area contributed by atoms with E-state index in [9.17, 15) is 4.79 Å². The van der Waals surface area contributed by atoms with Crippen molar-refractivity contribution in [2.75, 3.05) is 0 Å². The summed E-state index contributed by atoms with van der Waals surface area (Å²) in [7, 11) is 0. The summed E-state index contributed by atoms with van der Waals surface area (Å²) >= 11 is 1.56. The van der Waals surface area contributed by atoms with Gasteiger partial charge >= 0.3 is 5.69 Å². The van der Waals surface area contributed by atoms with Gasteiger partial charge in [-0.2, -0.15) is 0 Å². The third-order valence-corrected chi connectivity index (χ3v) is 5.09. The molecule has 1 fully saturated rings. The molecule has 1 aliphatic carbocycles. The first kappa shape index (κ1) is 14.3. The van der Waals surface area contributed by atoms with E-state index < -0.39 is 0 Å². The van der Waals surface area contributed by atoms with Gasteiger partial charge in [-0.1, -0.05) is 18.7 Å². The number of nitrogens with zero attached hydrogens (tertiary/aromatic N) is 3. The minimum atomic E-state index is -0.126. The lowest BCUT2D eigenvalue weighted by molar-refractivity contribution is 0.616. The number of pyridine rings is 1. The van der Waals surface area contributed by atoms with E-state index in [0.717, 1.165) is 30.0 Å². The molecule has 2 unspecified atom stereocenters. The Bertz CT molecular complexity index is 649. The number of H-pyrrole nitrogens is 1. The van der Waals surface area contributed by atoms with Crippen molar-refractivity contribution in [1.29, 1.82) is 0 Å². The zero-order valence-corrected chi connectivity index (χ0v) is 12.7.